The number of benzene rings is 1. The number of nitrogens with one attached hydrogen (secondary N) is 2. The number of anilines is 1. The lowest BCUT2D eigenvalue weighted by atomic mass is 10.2. The van der Waals surface area contributed by atoms with E-state index in [4.69, 9.17) is 0 Å². The van der Waals surface area contributed by atoms with Gasteiger partial charge in [-0.15, -0.1) is 0 Å². The van der Waals surface area contributed by atoms with E-state index in [9.17, 15) is 0 Å². The van der Waals surface area contributed by atoms with Crippen molar-refractivity contribution < 1.29 is 0 Å². The van der Waals surface area contributed by atoms with Crippen LogP contribution in [0, 0.1) is 0 Å². The Hall–Kier alpha value is -1.97. The van der Waals surface area contributed by atoms with Crippen LogP contribution in [0.4, 0.5) is 5.69 Å². The topological polar surface area (TPSA) is 39.7 Å². The number of rotatable bonds is 4. The van der Waals surface area contributed by atoms with Crippen molar-refractivity contribution in [2.24, 2.45) is 4.99 Å². The molecule has 2 N–H and O–H groups in total. The van der Waals surface area contributed by atoms with Crippen molar-refractivity contribution in [3.05, 3.63) is 42.0 Å². The standard InChI is InChI=1S/C18H26N4/c1-19-18(21-16-6-2-3-7-16)20-14-15-8-10-17(11-9-15)22-12-4-5-13-22/h4-5,8-11,16H,2-3,6-7,12-14H2,1H3,(H2,19,20,21). The molecule has 0 bridgehead atoms. The van der Waals surface area contributed by atoms with Crippen LogP contribution in [0.3, 0.4) is 0 Å². The third-order valence-electron chi connectivity index (χ3n) is 4.50. The fourth-order valence-corrected chi connectivity index (χ4v) is 3.16. The quantitative estimate of drug-likeness (QED) is 0.510. The summed E-state index contributed by atoms with van der Waals surface area (Å²) in [5.41, 5.74) is 2.58. The third kappa shape index (κ3) is 3.81. The molecule has 0 aromatic heterocycles. The minimum absolute atomic E-state index is 0.594. The highest BCUT2D eigenvalue weighted by Crippen LogP contribution is 2.18. The van der Waals surface area contributed by atoms with Gasteiger partial charge in [-0.3, -0.25) is 4.99 Å². The van der Waals surface area contributed by atoms with E-state index in [2.05, 4.69) is 56.9 Å². The predicted molar refractivity (Wildman–Crippen MR) is 93.4 cm³/mol. The Bertz CT molecular complexity index is 519. The summed E-state index contributed by atoms with van der Waals surface area (Å²) in [7, 11) is 1.84. The first kappa shape index (κ1) is 14.9. The summed E-state index contributed by atoms with van der Waals surface area (Å²) in [6, 6.07) is 9.40. The molecule has 1 aromatic carbocycles. The molecule has 0 atom stereocenters. The van der Waals surface area contributed by atoms with Crippen LogP contribution >= 0.6 is 0 Å². The molecule has 1 aliphatic heterocycles. The molecule has 2 aliphatic rings. The zero-order valence-electron chi connectivity index (χ0n) is 13.4. The van der Waals surface area contributed by atoms with E-state index in [1.807, 2.05) is 7.05 Å². The van der Waals surface area contributed by atoms with Crippen molar-refractivity contribution in [3.63, 3.8) is 0 Å². The van der Waals surface area contributed by atoms with E-state index in [1.165, 1.54) is 36.9 Å². The van der Waals surface area contributed by atoms with E-state index in [0.29, 0.717) is 6.04 Å². The second-order valence-electron chi connectivity index (χ2n) is 6.09. The maximum atomic E-state index is 4.33. The summed E-state index contributed by atoms with van der Waals surface area (Å²) >= 11 is 0. The van der Waals surface area contributed by atoms with Gasteiger partial charge in [-0.2, -0.15) is 0 Å². The van der Waals surface area contributed by atoms with Gasteiger partial charge in [0.2, 0.25) is 0 Å². The van der Waals surface area contributed by atoms with Crippen molar-refractivity contribution in [1.29, 1.82) is 0 Å². The van der Waals surface area contributed by atoms with Crippen LogP contribution in [-0.2, 0) is 6.54 Å². The zero-order valence-corrected chi connectivity index (χ0v) is 13.4. The maximum Gasteiger partial charge on any atom is 0.191 e. The molecule has 1 aliphatic carbocycles. The van der Waals surface area contributed by atoms with Crippen molar-refractivity contribution in [2.75, 3.05) is 25.0 Å². The van der Waals surface area contributed by atoms with Crippen molar-refractivity contribution in [3.8, 4) is 0 Å². The van der Waals surface area contributed by atoms with E-state index < -0.39 is 0 Å². The van der Waals surface area contributed by atoms with Gasteiger partial charge >= 0.3 is 0 Å². The molecule has 0 amide bonds. The van der Waals surface area contributed by atoms with Crippen molar-refractivity contribution >= 4 is 11.6 Å². The summed E-state index contributed by atoms with van der Waals surface area (Å²) in [5.74, 6) is 0.916. The number of guanidine groups is 1. The summed E-state index contributed by atoms with van der Waals surface area (Å²) in [6.07, 6.45) is 9.63. The first-order chi connectivity index (χ1) is 10.8. The van der Waals surface area contributed by atoms with E-state index in [0.717, 1.165) is 25.6 Å². The van der Waals surface area contributed by atoms with Gasteiger partial charge < -0.3 is 15.5 Å². The van der Waals surface area contributed by atoms with Gasteiger partial charge in [0.15, 0.2) is 5.96 Å². The van der Waals surface area contributed by atoms with Gasteiger partial charge in [0.05, 0.1) is 0 Å². The minimum Gasteiger partial charge on any atom is -0.364 e. The number of nitrogens with zero attached hydrogens (tertiary/aromatic N) is 2. The highest BCUT2D eigenvalue weighted by atomic mass is 15.2. The maximum absolute atomic E-state index is 4.33. The Morgan fingerprint density at radius 2 is 1.82 bits per heavy atom. The van der Waals surface area contributed by atoms with Crippen LogP contribution < -0.4 is 15.5 Å². The molecule has 0 unspecified atom stereocenters. The molecule has 1 aromatic rings. The fourth-order valence-electron chi connectivity index (χ4n) is 3.16. The van der Waals surface area contributed by atoms with Crippen LogP contribution in [0.25, 0.3) is 0 Å². The number of hydrogen-bond acceptors (Lipinski definition) is 2. The van der Waals surface area contributed by atoms with Gasteiger partial charge in [0, 0.05) is 38.4 Å². The second-order valence-corrected chi connectivity index (χ2v) is 6.09. The molecule has 3 rings (SSSR count). The lowest BCUT2D eigenvalue weighted by Gasteiger charge is -2.19. The first-order valence-corrected chi connectivity index (χ1v) is 8.31. The van der Waals surface area contributed by atoms with Gasteiger partial charge in [-0.05, 0) is 30.5 Å². The van der Waals surface area contributed by atoms with Gasteiger partial charge in [0.1, 0.15) is 0 Å². The van der Waals surface area contributed by atoms with Gasteiger partial charge in [-0.25, -0.2) is 0 Å². The van der Waals surface area contributed by atoms with Crippen molar-refractivity contribution in [1.82, 2.24) is 10.6 Å². The largest absolute Gasteiger partial charge is 0.364 e. The van der Waals surface area contributed by atoms with Crippen LogP contribution in [0.1, 0.15) is 31.2 Å². The summed E-state index contributed by atoms with van der Waals surface area (Å²) in [5, 5.41) is 6.93. The summed E-state index contributed by atoms with van der Waals surface area (Å²) in [6.45, 7) is 2.86. The predicted octanol–water partition coefficient (Wildman–Crippen LogP) is 2.67. The molecule has 1 saturated carbocycles. The Balaban J connectivity index is 1.49. The van der Waals surface area contributed by atoms with E-state index in [-0.39, 0.29) is 0 Å². The first-order valence-electron chi connectivity index (χ1n) is 8.31. The normalized spacial score (nSPS) is 19.0. The highest BCUT2D eigenvalue weighted by molar-refractivity contribution is 5.80. The number of aliphatic imine (C=N–C) groups is 1. The lowest BCUT2D eigenvalue weighted by Crippen LogP contribution is -2.41. The third-order valence-corrected chi connectivity index (χ3v) is 4.50. The summed E-state index contributed by atoms with van der Waals surface area (Å²) < 4.78 is 0. The molecule has 1 fully saturated rings. The van der Waals surface area contributed by atoms with Crippen LogP contribution in [-0.4, -0.2) is 32.1 Å². The average Bonchev–Trinajstić information content (AvgIpc) is 3.25. The highest BCUT2D eigenvalue weighted by Gasteiger charge is 2.15. The Kier molecular flexibility index (Phi) is 4.99. The van der Waals surface area contributed by atoms with Gasteiger partial charge in [0.25, 0.3) is 0 Å². The minimum atomic E-state index is 0.594. The second kappa shape index (κ2) is 7.34. The fraction of sp³-hybridized carbons (Fsp3) is 0.500. The zero-order chi connectivity index (χ0) is 15.2. The van der Waals surface area contributed by atoms with Crippen LogP contribution in [0.2, 0.25) is 0 Å². The Morgan fingerprint density at radius 1 is 1.14 bits per heavy atom. The molecule has 4 nitrogen and oxygen atoms in total. The molecule has 1 heterocycles. The monoisotopic (exact) mass is 298 g/mol. The van der Waals surface area contributed by atoms with Crippen LogP contribution in [0.5, 0.6) is 0 Å². The molecule has 0 radical (unpaired) electrons. The smallest absolute Gasteiger partial charge is 0.191 e. The molecule has 4 heteroatoms. The van der Waals surface area contributed by atoms with Crippen LogP contribution in [0.15, 0.2) is 41.4 Å². The molecule has 0 spiro atoms. The lowest BCUT2D eigenvalue weighted by molar-refractivity contribution is 0.613. The Labute approximate surface area is 133 Å². The molecular formula is C18H26N4. The van der Waals surface area contributed by atoms with Gasteiger partial charge in [-0.1, -0.05) is 37.1 Å². The SMILES string of the molecule is CN=C(NCc1ccc(N2CC=CC2)cc1)NC1CCCC1. The molecule has 22 heavy (non-hydrogen) atoms. The van der Waals surface area contributed by atoms with Crippen molar-refractivity contribution in [2.45, 2.75) is 38.3 Å². The molecule has 0 saturated heterocycles. The number of hydrogen-bond donors (Lipinski definition) is 2. The molecule has 118 valence electrons. The van der Waals surface area contributed by atoms with E-state index >= 15 is 0 Å². The summed E-state index contributed by atoms with van der Waals surface area (Å²) in [4.78, 5) is 6.68. The molecular weight excluding hydrogens is 272 g/mol. The average molecular weight is 298 g/mol. The van der Waals surface area contributed by atoms with E-state index in [1.54, 1.807) is 0 Å². The Morgan fingerprint density at radius 3 is 2.45 bits per heavy atom.